The molecule has 6 rings (SSSR count). The minimum atomic E-state index is 0.671. The summed E-state index contributed by atoms with van der Waals surface area (Å²) in [4.78, 5) is 21.1. The third-order valence-corrected chi connectivity index (χ3v) is 5.50. The Labute approximate surface area is 183 Å². The number of rotatable bonds is 3. The minimum Gasteiger partial charge on any atom is -0.345 e. The number of hydrogen-bond acceptors (Lipinski definition) is 6. The predicted octanol–water partition coefficient (Wildman–Crippen LogP) is 4.48. The number of imidazole rings is 1. The van der Waals surface area contributed by atoms with Crippen molar-refractivity contribution in [3.63, 3.8) is 0 Å². The number of aromatic nitrogens is 7. The average Bonchev–Trinajstić information content (AvgIpc) is 3.38. The predicted molar refractivity (Wildman–Crippen MR) is 124 cm³/mol. The molecular formula is C24H18N8. The van der Waals surface area contributed by atoms with Crippen molar-refractivity contribution in [2.45, 2.75) is 6.92 Å². The normalized spacial score (nSPS) is 12.8. The van der Waals surface area contributed by atoms with E-state index in [0.29, 0.717) is 5.82 Å². The van der Waals surface area contributed by atoms with Crippen molar-refractivity contribution >= 4 is 22.3 Å². The molecule has 0 fully saturated rings. The maximum Gasteiger partial charge on any atom is 0.161 e. The maximum absolute atomic E-state index is 4.81. The van der Waals surface area contributed by atoms with Crippen LogP contribution in [0.2, 0.25) is 0 Å². The van der Waals surface area contributed by atoms with E-state index in [1.165, 1.54) is 6.33 Å². The van der Waals surface area contributed by atoms with E-state index in [0.717, 1.165) is 56.1 Å². The molecule has 0 radical (unpaired) electrons. The number of H-pyrrole nitrogens is 2. The number of aromatic amines is 2. The maximum atomic E-state index is 4.81. The molecule has 0 bridgehead atoms. The van der Waals surface area contributed by atoms with E-state index < -0.39 is 0 Å². The zero-order chi connectivity index (χ0) is 21.5. The van der Waals surface area contributed by atoms with E-state index in [2.05, 4.69) is 54.5 Å². The lowest BCUT2D eigenvalue weighted by Gasteiger charge is -2.06. The first-order chi connectivity index (χ1) is 15.8. The first-order valence-corrected chi connectivity index (χ1v) is 10.2. The van der Waals surface area contributed by atoms with Crippen LogP contribution < -0.4 is 5.32 Å². The van der Waals surface area contributed by atoms with Crippen LogP contribution in [0.3, 0.4) is 0 Å². The number of aryl methyl sites for hydroxylation is 1. The Balaban J connectivity index is 1.50. The zero-order valence-electron chi connectivity index (χ0n) is 17.2. The minimum absolute atomic E-state index is 0.671. The highest BCUT2D eigenvalue weighted by Gasteiger charge is 2.21. The Morgan fingerprint density at radius 3 is 2.78 bits per heavy atom. The largest absolute Gasteiger partial charge is 0.345 e. The van der Waals surface area contributed by atoms with Crippen LogP contribution in [0.25, 0.3) is 39.1 Å². The van der Waals surface area contributed by atoms with Crippen molar-refractivity contribution < 1.29 is 0 Å². The van der Waals surface area contributed by atoms with E-state index in [9.17, 15) is 0 Å². The molecule has 3 N–H and O–H groups in total. The van der Waals surface area contributed by atoms with Crippen LogP contribution in [0.5, 0.6) is 0 Å². The number of anilines is 1. The molecule has 5 heterocycles. The summed E-state index contributed by atoms with van der Waals surface area (Å²) in [6, 6.07) is 10.1. The van der Waals surface area contributed by atoms with E-state index in [-0.39, 0.29) is 0 Å². The van der Waals surface area contributed by atoms with Gasteiger partial charge in [0.2, 0.25) is 0 Å². The van der Waals surface area contributed by atoms with Gasteiger partial charge in [0.15, 0.2) is 11.6 Å². The van der Waals surface area contributed by atoms with Gasteiger partial charge in [-0.2, -0.15) is 5.10 Å². The second kappa shape index (κ2) is 7.28. The summed E-state index contributed by atoms with van der Waals surface area (Å²) < 4.78 is 0. The molecule has 4 aromatic heterocycles. The SMILES string of the molecule is Cc1cc2[nH]nc(-c3nc4c([nH]3)C(c3ccccn3)=CC=CN4)c2cc1-c1cncnc1. The van der Waals surface area contributed by atoms with Crippen LogP contribution in [0, 0.1) is 6.92 Å². The van der Waals surface area contributed by atoms with Gasteiger partial charge in [-0.1, -0.05) is 6.07 Å². The quantitative estimate of drug-likeness (QED) is 0.399. The number of hydrogen-bond donors (Lipinski definition) is 3. The number of fused-ring (bicyclic) bond motifs is 2. The lowest BCUT2D eigenvalue weighted by atomic mass is 10.00. The summed E-state index contributed by atoms with van der Waals surface area (Å²) in [5.74, 6) is 1.40. The standard InChI is InChI=1S/C24H18N8/c1-14-9-20-18(10-17(14)15-11-25-13-26-12-15)22(32-31-20)24-29-21-16(19-6-2-3-7-27-19)5-4-8-28-23(21)30-24/h2-13,28H,1H3,(H,29,30)(H,31,32). The van der Waals surface area contributed by atoms with E-state index in [1.54, 1.807) is 6.20 Å². The van der Waals surface area contributed by atoms with Crippen LogP contribution in [0.1, 0.15) is 17.0 Å². The van der Waals surface area contributed by atoms with Crippen LogP contribution in [-0.4, -0.2) is 35.1 Å². The molecule has 8 heteroatoms. The van der Waals surface area contributed by atoms with Gasteiger partial charge in [-0.15, -0.1) is 0 Å². The fourth-order valence-electron chi connectivity index (χ4n) is 3.98. The number of nitrogens with zero attached hydrogens (tertiary/aromatic N) is 5. The molecule has 0 atom stereocenters. The number of pyridine rings is 1. The van der Waals surface area contributed by atoms with Gasteiger partial charge in [-0.05, 0) is 54.5 Å². The monoisotopic (exact) mass is 418 g/mol. The fourth-order valence-corrected chi connectivity index (χ4v) is 3.98. The highest BCUT2D eigenvalue weighted by atomic mass is 15.2. The molecule has 1 aliphatic heterocycles. The zero-order valence-corrected chi connectivity index (χ0v) is 17.2. The third-order valence-electron chi connectivity index (χ3n) is 5.50. The average molecular weight is 418 g/mol. The number of allylic oxidation sites excluding steroid dienone is 2. The smallest absolute Gasteiger partial charge is 0.161 e. The van der Waals surface area contributed by atoms with Crippen molar-refractivity contribution in [2.75, 3.05) is 5.32 Å². The van der Waals surface area contributed by atoms with Gasteiger partial charge in [0.25, 0.3) is 0 Å². The van der Waals surface area contributed by atoms with E-state index >= 15 is 0 Å². The molecular weight excluding hydrogens is 400 g/mol. The molecule has 32 heavy (non-hydrogen) atoms. The van der Waals surface area contributed by atoms with Gasteiger partial charge in [-0.25, -0.2) is 15.0 Å². The summed E-state index contributed by atoms with van der Waals surface area (Å²) in [6.07, 6.45) is 12.8. The van der Waals surface area contributed by atoms with Gasteiger partial charge >= 0.3 is 0 Å². The first kappa shape index (κ1) is 18.2. The van der Waals surface area contributed by atoms with Gasteiger partial charge in [0.1, 0.15) is 12.0 Å². The Morgan fingerprint density at radius 1 is 1.03 bits per heavy atom. The highest BCUT2D eigenvalue weighted by molar-refractivity contribution is 5.96. The van der Waals surface area contributed by atoms with Crippen molar-refractivity contribution in [1.82, 2.24) is 35.1 Å². The second-order valence-corrected chi connectivity index (χ2v) is 7.52. The Kier molecular flexibility index (Phi) is 4.14. The molecule has 8 nitrogen and oxygen atoms in total. The summed E-state index contributed by atoms with van der Waals surface area (Å²) in [6.45, 7) is 2.07. The second-order valence-electron chi connectivity index (χ2n) is 7.52. The Bertz CT molecular complexity index is 1490. The Morgan fingerprint density at radius 2 is 1.94 bits per heavy atom. The Hall–Kier alpha value is -4.59. The summed E-state index contributed by atoms with van der Waals surface area (Å²) in [5, 5.41) is 11.9. The van der Waals surface area contributed by atoms with Crippen molar-refractivity contribution in [3.8, 4) is 22.6 Å². The molecule has 154 valence electrons. The van der Waals surface area contributed by atoms with Crippen molar-refractivity contribution in [2.24, 2.45) is 0 Å². The summed E-state index contributed by atoms with van der Waals surface area (Å²) in [5.41, 5.74) is 7.51. The summed E-state index contributed by atoms with van der Waals surface area (Å²) in [7, 11) is 0. The van der Waals surface area contributed by atoms with Gasteiger partial charge in [-0.3, -0.25) is 10.1 Å². The number of nitrogens with one attached hydrogen (secondary N) is 3. The van der Waals surface area contributed by atoms with Crippen LogP contribution in [0.4, 0.5) is 5.82 Å². The van der Waals surface area contributed by atoms with Crippen molar-refractivity contribution in [1.29, 1.82) is 0 Å². The lowest BCUT2D eigenvalue weighted by molar-refractivity contribution is 1.10. The van der Waals surface area contributed by atoms with Crippen LogP contribution in [-0.2, 0) is 0 Å². The van der Waals surface area contributed by atoms with Gasteiger partial charge in [0.05, 0.1) is 16.9 Å². The molecule has 0 unspecified atom stereocenters. The highest BCUT2D eigenvalue weighted by Crippen LogP contribution is 2.35. The molecule has 0 saturated heterocycles. The summed E-state index contributed by atoms with van der Waals surface area (Å²) >= 11 is 0. The number of benzene rings is 1. The van der Waals surface area contributed by atoms with E-state index in [4.69, 9.17) is 4.98 Å². The lowest BCUT2D eigenvalue weighted by Crippen LogP contribution is -1.94. The molecule has 0 aliphatic carbocycles. The fraction of sp³-hybridized carbons (Fsp3) is 0.0417. The molecule has 0 saturated carbocycles. The molecule has 0 amide bonds. The first-order valence-electron chi connectivity index (χ1n) is 10.2. The van der Waals surface area contributed by atoms with Gasteiger partial charge in [0, 0.05) is 41.3 Å². The molecule has 0 spiro atoms. The van der Waals surface area contributed by atoms with Crippen molar-refractivity contribution in [3.05, 3.63) is 90.6 Å². The molecule has 1 aromatic carbocycles. The van der Waals surface area contributed by atoms with Gasteiger partial charge < -0.3 is 10.3 Å². The van der Waals surface area contributed by atoms with Crippen LogP contribution in [0.15, 0.2) is 73.6 Å². The third kappa shape index (κ3) is 2.97. The van der Waals surface area contributed by atoms with Crippen LogP contribution >= 0.6 is 0 Å². The topological polar surface area (TPSA) is 108 Å². The molecule has 5 aromatic rings. The van der Waals surface area contributed by atoms with E-state index in [1.807, 2.05) is 48.9 Å². The molecule has 1 aliphatic rings.